The molecule has 1 aromatic heterocycles. The Morgan fingerprint density at radius 1 is 1.26 bits per heavy atom. The second kappa shape index (κ2) is 8.96. The number of amides is 2. The summed E-state index contributed by atoms with van der Waals surface area (Å²) >= 11 is 8.81. The molecule has 7 heteroatoms. The summed E-state index contributed by atoms with van der Waals surface area (Å²) in [6.45, 7) is 2.21. The molecule has 1 aromatic carbocycles. The van der Waals surface area contributed by atoms with Crippen molar-refractivity contribution in [3.8, 4) is 0 Å². The standard InChI is InChI=1S/C16H17ClN2O2S2/c1-11(19-16(21)14-3-2-9-23-14)15(20)18-8-10-22-13-6-4-12(17)5-7-13/h2-7,9,11H,8,10H2,1H3,(H,18,20)(H,19,21). The maximum atomic E-state index is 12.0. The predicted octanol–water partition coefficient (Wildman–Crippen LogP) is 3.43. The minimum Gasteiger partial charge on any atom is -0.353 e. The molecule has 0 fully saturated rings. The number of benzene rings is 1. The van der Waals surface area contributed by atoms with Gasteiger partial charge in [0.1, 0.15) is 6.04 Å². The molecule has 0 aliphatic heterocycles. The summed E-state index contributed by atoms with van der Waals surface area (Å²) in [4.78, 5) is 25.5. The van der Waals surface area contributed by atoms with Gasteiger partial charge >= 0.3 is 0 Å². The highest BCUT2D eigenvalue weighted by molar-refractivity contribution is 7.99. The van der Waals surface area contributed by atoms with Gasteiger partial charge in [0.2, 0.25) is 5.91 Å². The number of hydrogen-bond acceptors (Lipinski definition) is 4. The maximum Gasteiger partial charge on any atom is 0.261 e. The van der Waals surface area contributed by atoms with Crippen molar-refractivity contribution < 1.29 is 9.59 Å². The van der Waals surface area contributed by atoms with Crippen molar-refractivity contribution in [3.05, 3.63) is 51.7 Å². The number of rotatable bonds is 7. The van der Waals surface area contributed by atoms with Crippen molar-refractivity contribution in [2.75, 3.05) is 12.3 Å². The van der Waals surface area contributed by atoms with Gasteiger partial charge in [0.05, 0.1) is 4.88 Å². The van der Waals surface area contributed by atoms with Gasteiger partial charge in [-0.2, -0.15) is 0 Å². The fourth-order valence-electron chi connectivity index (χ4n) is 1.77. The van der Waals surface area contributed by atoms with Crippen LogP contribution in [-0.2, 0) is 4.79 Å². The first-order chi connectivity index (χ1) is 11.1. The first-order valence-corrected chi connectivity index (χ1v) is 9.31. The maximum absolute atomic E-state index is 12.0. The Morgan fingerprint density at radius 3 is 2.65 bits per heavy atom. The molecule has 2 aromatic rings. The number of carbonyl (C=O) groups excluding carboxylic acids is 2. The van der Waals surface area contributed by atoms with Gasteiger partial charge in [-0.25, -0.2) is 0 Å². The van der Waals surface area contributed by atoms with Crippen molar-refractivity contribution in [2.45, 2.75) is 17.9 Å². The van der Waals surface area contributed by atoms with E-state index in [0.717, 1.165) is 10.6 Å². The molecule has 0 saturated carbocycles. The van der Waals surface area contributed by atoms with E-state index in [-0.39, 0.29) is 11.8 Å². The molecule has 0 saturated heterocycles. The van der Waals surface area contributed by atoms with Crippen LogP contribution in [-0.4, -0.2) is 30.2 Å². The number of thioether (sulfide) groups is 1. The number of nitrogens with one attached hydrogen (secondary N) is 2. The van der Waals surface area contributed by atoms with Crippen molar-refractivity contribution in [2.24, 2.45) is 0 Å². The predicted molar refractivity (Wildman–Crippen MR) is 96.4 cm³/mol. The van der Waals surface area contributed by atoms with Crippen LogP contribution in [0.1, 0.15) is 16.6 Å². The normalized spacial score (nSPS) is 11.7. The number of halogens is 1. The summed E-state index contributed by atoms with van der Waals surface area (Å²) in [7, 11) is 0. The number of hydrogen-bond donors (Lipinski definition) is 2. The molecule has 0 bridgehead atoms. The fourth-order valence-corrected chi connectivity index (χ4v) is 3.29. The molecule has 1 atom stereocenters. The van der Waals surface area contributed by atoms with Crippen LogP contribution < -0.4 is 10.6 Å². The zero-order chi connectivity index (χ0) is 16.7. The Morgan fingerprint density at radius 2 is 2.00 bits per heavy atom. The van der Waals surface area contributed by atoms with Crippen molar-refractivity contribution in [1.29, 1.82) is 0 Å². The molecule has 2 N–H and O–H groups in total. The van der Waals surface area contributed by atoms with Crippen molar-refractivity contribution >= 4 is 46.5 Å². The molecule has 23 heavy (non-hydrogen) atoms. The van der Waals surface area contributed by atoms with Crippen LogP contribution in [0.4, 0.5) is 0 Å². The highest BCUT2D eigenvalue weighted by atomic mass is 35.5. The molecule has 1 heterocycles. The third-order valence-corrected chi connectivity index (χ3v) is 5.10. The first-order valence-electron chi connectivity index (χ1n) is 7.06. The lowest BCUT2D eigenvalue weighted by Crippen LogP contribution is -2.45. The molecule has 0 radical (unpaired) electrons. The van der Waals surface area contributed by atoms with Crippen LogP contribution in [0.2, 0.25) is 5.02 Å². The molecule has 4 nitrogen and oxygen atoms in total. The Bertz CT molecular complexity index is 645. The molecule has 122 valence electrons. The lowest BCUT2D eigenvalue weighted by Gasteiger charge is -2.13. The van der Waals surface area contributed by atoms with Gasteiger partial charge in [-0.15, -0.1) is 23.1 Å². The Kier molecular flexibility index (Phi) is 6.95. The molecule has 1 unspecified atom stereocenters. The van der Waals surface area contributed by atoms with E-state index < -0.39 is 6.04 Å². The van der Waals surface area contributed by atoms with E-state index in [4.69, 9.17) is 11.6 Å². The average molecular weight is 369 g/mol. The third-order valence-electron chi connectivity index (χ3n) is 2.97. The van der Waals surface area contributed by atoms with Gasteiger partial charge in [-0.1, -0.05) is 17.7 Å². The van der Waals surface area contributed by atoms with Crippen molar-refractivity contribution in [3.63, 3.8) is 0 Å². The molecule has 2 rings (SSSR count). The van der Waals surface area contributed by atoms with Gasteiger partial charge < -0.3 is 10.6 Å². The molecule has 2 amide bonds. The second-order valence-corrected chi connectivity index (χ2v) is 7.32. The molecule has 0 aliphatic rings. The van der Waals surface area contributed by atoms with Gasteiger partial charge in [0.25, 0.3) is 5.91 Å². The van der Waals surface area contributed by atoms with Crippen LogP contribution in [0.25, 0.3) is 0 Å². The average Bonchev–Trinajstić information content (AvgIpc) is 3.07. The highest BCUT2D eigenvalue weighted by Crippen LogP contribution is 2.19. The first kappa shape index (κ1) is 17.8. The summed E-state index contributed by atoms with van der Waals surface area (Å²) in [6.07, 6.45) is 0. The van der Waals surface area contributed by atoms with E-state index in [0.29, 0.717) is 16.4 Å². The fraction of sp³-hybridized carbons (Fsp3) is 0.250. The van der Waals surface area contributed by atoms with Crippen LogP contribution in [0, 0.1) is 0 Å². The Balaban J connectivity index is 1.67. The van der Waals surface area contributed by atoms with Gasteiger partial charge in [0, 0.05) is 22.2 Å². The highest BCUT2D eigenvalue weighted by Gasteiger charge is 2.16. The minimum absolute atomic E-state index is 0.188. The zero-order valence-electron chi connectivity index (χ0n) is 12.5. The van der Waals surface area contributed by atoms with E-state index in [1.165, 1.54) is 11.3 Å². The minimum atomic E-state index is -0.565. The summed E-state index contributed by atoms with van der Waals surface area (Å²) in [5, 5.41) is 8.04. The second-order valence-electron chi connectivity index (χ2n) is 4.77. The number of carbonyl (C=O) groups is 2. The SMILES string of the molecule is CC(NC(=O)c1cccs1)C(=O)NCCSc1ccc(Cl)cc1. The monoisotopic (exact) mass is 368 g/mol. The molecular formula is C16H17ClN2O2S2. The van der Waals surface area contributed by atoms with Gasteiger partial charge in [-0.3, -0.25) is 9.59 Å². The van der Waals surface area contributed by atoms with Crippen LogP contribution in [0.5, 0.6) is 0 Å². The molecule has 0 aliphatic carbocycles. The van der Waals surface area contributed by atoms with Crippen LogP contribution in [0.3, 0.4) is 0 Å². The third kappa shape index (κ3) is 5.89. The van der Waals surface area contributed by atoms with E-state index >= 15 is 0 Å². The van der Waals surface area contributed by atoms with Crippen LogP contribution in [0.15, 0.2) is 46.7 Å². The van der Waals surface area contributed by atoms with E-state index in [1.807, 2.05) is 29.6 Å². The van der Waals surface area contributed by atoms with E-state index in [9.17, 15) is 9.59 Å². The van der Waals surface area contributed by atoms with Crippen LogP contribution >= 0.6 is 34.7 Å². The van der Waals surface area contributed by atoms with Gasteiger partial charge in [-0.05, 0) is 42.6 Å². The summed E-state index contributed by atoms with van der Waals surface area (Å²) in [5.41, 5.74) is 0. The smallest absolute Gasteiger partial charge is 0.261 e. The van der Waals surface area contributed by atoms with E-state index in [1.54, 1.807) is 30.8 Å². The van der Waals surface area contributed by atoms with Gasteiger partial charge in [0.15, 0.2) is 0 Å². The lowest BCUT2D eigenvalue weighted by molar-refractivity contribution is -0.122. The quantitative estimate of drug-likeness (QED) is 0.581. The Hall–Kier alpha value is -1.50. The molecule has 0 spiro atoms. The summed E-state index contributed by atoms with van der Waals surface area (Å²) in [5.74, 6) is 0.337. The van der Waals surface area contributed by atoms with E-state index in [2.05, 4.69) is 10.6 Å². The topological polar surface area (TPSA) is 58.2 Å². The lowest BCUT2D eigenvalue weighted by atomic mass is 10.3. The summed E-state index contributed by atoms with van der Waals surface area (Å²) in [6, 6.07) is 10.5. The Labute approximate surface area is 148 Å². The number of thiophene rings is 1. The zero-order valence-corrected chi connectivity index (χ0v) is 14.9. The summed E-state index contributed by atoms with van der Waals surface area (Å²) < 4.78 is 0. The van der Waals surface area contributed by atoms with Crippen molar-refractivity contribution in [1.82, 2.24) is 10.6 Å². The largest absolute Gasteiger partial charge is 0.353 e. The molecular weight excluding hydrogens is 352 g/mol.